The number of piperidine rings is 1. The van der Waals surface area contributed by atoms with Gasteiger partial charge in [-0.25, -0.2) is 4.98 Å². The summed E-state index contributed by atoms with van der Waals surface area (Å²) in [5.41, 5.74) is 1.69. The highest BCUT2D eigenvalue weighted by Crippen LogP contribution is 2.30. The van der Waals surface area contributed by atoms with E-state index in [1.165, 1.54) is 0 Å². The molecule has 0 bridgehead atoms. The molecular weight excluding hydrogens is 318 g/mol. The van der Waals surface area contributed by atoms with E-state index in [9.17, 15) is 9.90 Å². The van der Waals surface area contributed by atoms with Crippen LogP contribution in [0.4, 0.5) is 0 Å². The molecule has 1 aromatic heterocycles. The highest BCUT2D eigenvalue weighted by Gasteiger charge is 2.34. The van der Waals surface area contributed by atoms with E-state index in [0.717, 1.165) is 55.8 Å². The SMILES string of the molecule is C[C@@H](c1nc2ccccc2o1)N1CCC([C@H](O)C(=O)NC2CC2)CC1. The molecule has 1 aliphatic carbocycles. The van der Waals surface area contributed by atoms with Crippen LogP contribution in [0, 0.1) is 5.92 Å². The first-order valence-corrected chi connectivity index (χ1v) is 9.20. The summed E-state index contributed by atoms with van der Waals surface area (Å²) in [5.74, 6) is 0.561. The van der Waals surface area contributed by atoms with Crippen molar-refractivity contribution in [3.8, 4) is 0 Å². The summed E-state index contributed by atoms with van der Waals surface area (Å²) < 4.78 is 5.88. The van der Waals surface area contributed by atoms with Crippen LogP contribution in [0.2, 0.25) is 0 Å². The molecule has 1 aliphatic heterocycles. The average molecular weight is 343 g/mol. The van der Waals surface area contributed by atoms with Crippen molar-refractivity contribution in [3.05, 3.63) is 30.2 Å². The zero-order valence-corrected chi connectivity index (χ0v) is 14.5. The number of aliphatic hydroxyl groups is 1. The number of amides is 1. The summed E-state index contributed by atoms with van der Waals surface area (Å²) in [5, 5.41) is 13.2. The molecule has 1 aromatic carbocycles. The highest BCUT2D eigenvalue weighted by molar-refractivity contribution is 5.81. The number of oxazole rings is 1. The van der Waals surface area contributed by atoms with E-state index < -0.39 is 6.10 Å². The van der Waals surface area contributed by atoms with Crippen LogP contribution in [0.15, 0.2) is 28.7 Å². The van der Waals surface area contributed by atoms with Crippen molar-refractivity contribution in [1.29, 1.82) is 0 Å². The van der Waals surface area contributed by atoms with E-state index in [-0.39, 0.29) is 17.9 Å². The van der Waals surface area contributed by atoms with Gasteiger partial charge >= 0.3 is 0 Å². The Balaban J connectivity index is 1.35. The van der Waals surface area contributed by atoms with Crippen molar-refractivity contribution in [2.75, 3.05) is 13.1 Å². The van der Waals surface area contributed by atoms with Crippen molar-refractivity contribution in [2.45, 2.75) is 50.8 Å². The van der Waals surface area contributed by atoms with Crippen molar-refractivity contribution in [2.24, 2.45) is 5.92 Å². The van der Waals surface area contributed by atoms with Gasteiger partial charge in [0.25, 0.3) is 0 Å². The Labute approximate surface area is 147 Å². The Bertz CT molecular complexity index is 714. The number of hydrogen-bond donors (Lipinski definition) is 2. The quantitative estimate of drug-likeness (QED) is 0.870. The van der Waals surface area contributed by atoms with Gasteiger partial charge in [0.15, 0.2) is 5.58 Å². The van der Waals surface area contributed by atoms with Gasteiger partial charge in [0.05, 0.1) is 6.04 Å². The zero-order chi connectivity index (χ0) is 17.4. The van der Waals surface area contributed by atoms with Crippen molar-refractivity contribution < 1.29 is 14.3 Å². The summed E-state index contributed by atoms with van der Waals surface area (Å²) in [6.07, 6.45) is 2.81. The molecule has 2 fully saturated rings. The van der Waals surface area contributed by atoms with Gasteiger partial charge in [0, 0.05) is 6.04 Å². The number of benzene rings is 1. The Morgan fingerprint density at radius 3 is 2.68 bits per heavy atom. The van der Waals surface area contributed by atoms with Crippen LogP contribution >= 0.6 is 0 Å². The van der Waals surface area contributed by atoms with Crippen LogP contribution < -0.4 is 5.32 Å². The molecule has 0 spiro atoms. The third-order valence-electron chi connectivity index (χ3n) is 5.43. The number of hydrogen-bond acceptors (Lipinski definition) is 5. The van der Waals surface area contributed by atoms with Gasteiger partial charge in [-0.05, 0) is 63.7 Å². The summed E-state index contributed by atoms with van der Waals surface area (Å²) >= 11 is 0. The van der Waals surface area contributed by atoms with Crippen LogP contribution in [0.3, 0.4) is 0 Å². The Morgan fingerprint density at radius 2 is 2.00 bits per heavy atom. The largest absolute Gasteiger partial charge is 0.439 e. The number of likely N-dealkylation sites (tertiary alicyclic amines) is 1. The number of aliphatic hydroxyl groups excluding tert-OH is 1. The Kier molecular flexibility index (Phi) is 4.48. The third-order valence-corrected chi connectivity index (χ3v) is 5.43. The normalized spacial score (nSPS) is 22.0. The molecule has 6 nitrogen and oxygen atoms in total. The molecule has 0 unspecified atom stereocenters. The number of nitrogens with one attached hydrogen (secondary N) is 1. The minimum Gasteiger partial charge on any atom is -0.439 e. The number of aromatic nitrogens is 1. The Hall–Kier alpha value is -1.92. The molecule has 25 heavy (non-hydrogen) atoms. The second-order valence-electron chi connectivity index (χ2n) is 7.30. The molecule has 1 amide bonds. The van der Waals surface area contributed by atoms with Gasteiger partial charge in [-0.1, -0.05) is 12.1 Å². The van der Waals surface area contributed by atoms with Gasteiger partial charge in [-0.3, -0.25) is 9.69 Å². The number of rotatable bonds is 5. The monoisotopic (exact) mass is 343 g/mol. The lowest BCUT2D eigenvalue weighted by atomic mass is 9.90. The standard InChI is InChI=1S/C19H25N3O3/c1-12(19-21-15-4-2-3-5-16(15)25-19)22-10-8-13(9-11-22)17(23)18(24)20-14-6-7-14/h2-5,12-14,17,23H,6-11H2,1H3,(H,20,24)/t12-,17-/m0/s1. The lowest BCUT2D eigenvalue weighted by Gasteiger charge is -2.36. The molecule has 134 valence electrons. The minimum atomic E-state index is -0.887. The molecule has 6 heteroatoms. The second kappa shape index (κ2) is 6.77. The lowest BCUT2D eigenvalue weighted by Crippen LogP contribution is -2.45. The van der Waals surface area contributed by atoms with Crippen molar-refractivity contribution >= 4 is 17.0 Å². The van der Waals surface area contributed by atoms with Gasteiger partial charge in [0.2, 0.25) is 11.8 Å². The predicted molar refractivity (Wildman–Crippen MR) is 93.9 cm³/mol. The summed E-state index contributed by atoms with van der Waals surface area (Å²) in [7, 11) is 0. The maximum absolute atomic E-state index is 12.0. The number of fused-ring (bicyclic) bond motifs is 1. The van der Waals surface area contributed by atoms with Crippen LogP contribution in [-0.2, 0) is 4.79 Å². The average Bonchev–Trinajstić information content (AvgIpc) is 3.35. The van der Waals surface area contributed by atoms with E-state index in [2.05, 4.69) is 22.1 Å². The highest BCUT2D eigenvalue weighted by atomic mass is 16.3. The minimum absolute atomic E-state index is 0.0332. The van der Waals surface area contributed by atoms with E-state index in [4.69, 9.17) is 4.42 Å². The topological polar surface area (TPSA) is 78.6 Å². The van der Waals surface area contributed by atoms with E-state index in [1.54, 1.807) is 0 Å². The summed E-state index contributed by atoms with van der Waals surface area (Å²) in [6.45, 7) is 3.76. The number of carbonyl (C=O) groups is 1. The smallest absolute Gasteiger partial charge is 0.249 e. The summed E-state index contributed by atoms with van der Waals surface area (Å²) in [4.78, 5) is 18.9. The van der Waals surface area contributed by atoms with Crippen molar-refractivity contribution in [3.63, 3.8) is 0 Å². The molecule has 0 radical (unpaired) electrons. The van der Waals surface area contributed by atoms with Gasteiger partial charge in [-0.15, -0.1) is 0 Å². The fraction of sp³-hybridized carbons (Fsp3) is 0.579. The van der Waals surface area contributed by atoms with E-state index >= 15 is 0 Å². The number of para-hydroxylation sites is 2. The molecule has 4 rings (SSSR count). The van der Waals surface area contributed by atoms with Crippen LogP contribution in [0.5, 0.6) is 0 Å². The third kappa shape index (κ3) is 3.55. The fourth-order valence-corrected chi connectivity index (χ4v) is 3.58. The van der Waals surface area contributed by atoms with Gasteiger partial charge in [0.1, 0.15) is 11.6 Å². The molecule has 2 atom stereocenters. The second-order valence-corrected chi connectivity index (χ2v) is 7.30. The summed E-state index contributed by atoms with van der Waals surface area (Å²) in [6, 6.07) is 8.17. The first kappa shape index (κ1) is 16.5. The van der Waals surface area contributed by atoms with Crippen molar-refractivity contribution in [1.82, 2.24) is 15.2 Å². The lowest BCUT2D eigenvalue weighted by molar-refractivity contribution is -0.133. The van der Waals surface area contributed by atoms with Crippen LogP contribution in [0.1, 0.15) is 44.5 Å². The first-order chi connectivity index (χ1) is 12.1. The van der Waals surface area contributed by atoms with Crippen LogP contribution in [-0.4, -0.2) is 46.1 Å². The molecular formula is C19H25N3O3. The molecule has 2 aliphatic rings. The molecule has 1 saturated heterocycles. The molecule has 2 heterocycles. The maximum Gasteiger partial charge on any atom is 0.249 e. The number of nitrogens with zero attached hydrogens (tertiary/aromatic N) is 2. The van der Waals surface area contributed by atoms with E-state index in [1.807, 2.05) is 24.3 Å². The Morgan fingerprint density at radius 1 is 1.28 bits per heavy atom. The number of carbonyl (C=O) groups excluding carboxylic acids is 1. The molecule has 1 saturated carbocycles. The zero-order valence-electron chi connectivity index (χ0n) is 14.5. The predicted octanol–water partition coefficient (Wildman–Crippen LogP) is 2.24. The molecule has 2 aromatic rings. The van der Waals surface area contributed by atoms with Gasteiger partial charge < -0.3 is 14.8 Å². The first-order valence-electron chi connectivity index (χ1n) is 9.20. The van der Waals surface area contributed by atoms with Gasteiger partial charge in [-0.2, -0.15) is 0 Å². The van der Waals surface area contributed by atoms with Crippen LogP contribution in [0.25, 0.3) is 11.1 Å². The van der Waals surface area contributed by atoms with E-state index in [0.29, 0.717) is 6.04 Å². The fourth-order valence-electron chi connectivity index (χ4n) is 3.58. The molecule has 2 N–H and O–H groups in total. The maximum atomic E-state index is 12.0.